The quantitative estimate of drug-likeness (QED) is 0.471. The third kappa shape index (κ3) is 4.23. The van der Waals surface area contributed by atoms with Crippen LogP contribution in [0.3, 0.4) is 0 Å². The van der Waals surface area contributed by atoms with Crippen LogP contribution in [0.4, 0.5) is 16.0 Å². The van der Waals surface area contributed by atoms with Crippen molar-refractivity contribution in [2.75, 3.05) is 25.6 Å². The second-order valence-corrected chi connectivity index (χ2v) is 9.46. The average molecular weight is 478 g/mol. The Morgan fingerprint density at radius 1 is 1.06 bits per heavy atom. The van der Waals surface area contributed by atoms with Crippen molar-refractivity contribution in [3.63, 3.8) is 0 Å². The fourth-order valence-corrected chi connectivity index (χ4v) is 5.05. The number of halogens is 1. The molecule has 9 nitrogen and oxygen atoms in total. The maximum absolute atomic E-state index is 13.6. The molecule has 4 aromatic rings. The van der Waals surface area contributed by atoms with Gasteiger partial charge >= 0.3 is 0 Å². The van der Waals surface area contributed by atoms with Crippen molar-refractivity contribution in [2.24, 2.45) is 7.05 Å². The fraction of sp³-hybridized carbons (Fsp3) is 0.400. The van der Waals surface area contributed by atoms with E-state index >= 15 is 0 Å². The molecule has 0 amide bonds. The molecular formula is C25H28FN7O2. The van der Waals surface area contributed by atoms with Crippen LogP contribution in [0.25, 0.3) is 16.6 Å². The SMILES string of the molecule is Cc1cc(-c2ccn3nc(Nc4cc(F)n(C)n4)cc3c2)c(OC2CC3COCC(C2)N3C)cn1. The molecule has 6 rings (SSSR count). The van der Waals surface area contributed by atoms with Crippen LogP contribution in [0.2, 0.25) is 0 Å². The smallest absolute Gasteiger partial charge is 0.213 e. The Balaban J connectivity index is 1.27. The van der Waals surface area contributed by atoms with Gasteiger partial charge in [-0.1, -0.05) is 0 Å². The van der Waals surface area contributed by atoms with Gasteiger partial charge in [-0.25, -0.2) is 9.20 Å². The van der Waals surface area contributed by atoms with Crippen molar-refractivity contribution in [3.8, 4) is 16.9 Å². The number of fused-ring (bicyclic) bond motifs is 3. The van der Waals surface area contributed by atoms with Crippen LogP contribution in [-0.4, -0.2) is 67.7 Å². The Morgan fingerprint density at radius 2 is 1.83 bits per heavy atom. The van der Waals surface area contributed by atoms with E-state index in [1.807, 2.05) is 31.5 Å². The first-order valence-corrected chi connectivity index (χ1v) is 11.8. The van der Waals surface area contributed by atoms with Crippen molar-refractivity contribution in [1.29, 1.82) is 0 Å². The molecule has 0 radical (unpaired) electrons. The molecule has 10 heteroatoms. The predicted octanol–water partition coefficient (Wildman–Crippen LogP) is 3.56. The molecule has 6 heterocycles. The van der Waals surface area contributed by atoms with Crippen molar-refractivity contribution in [3.05, 3.63) is 54.4 Å². The van der Waals surface area contributed by atoms with Crippen LogP contribution in [-0.2, 0) is 11.8 Å². The molecule has 2 aliphatic heterocycles. The number of aromatic nitrogens is 5. The van der Waals surface area contributed by atoms with Crippen LogP contribution in [0.1, 0.15) is 18.5 Å². The number of pyridine rings is 2. The standard InChI is InChI=1S/C25H28FN7O2/c1-15-6-21(22(12-27-15)35-20-8-18-13-34-14-19(9-20)31(18)2)16-4-5-33-17(7-16)10-24(30-33)28-25-11-23(26)32(3)29-25/h4-7,10-12,18-20H,8-9,13-14H2,1-3H3,(H,28,29,30). The molecule has 2 atom stereocenters. The van der Waals surface area contributed by atoms with Gasteiger partial charge in [0.2, 0.25) is 5.95 Å². The first-order valence-electron chi connectivity index (χ1n) is 11.8. The van der Waals surface area contributed by atoms with Gasteiger partial charge in [0.05, 0.1) is 24.9 Å². The number of morpholine rings is 1. The lowest BCUT2D eigenvalue weighted by molar-refractivity contribution is -0.0879. The van der Waals surface area contributed by atoms with Crippen LogP contribution >= 0.6 is 0 Å². The monoisotopic (exact) mass is 477 g/mol. The van der Waals surface area contributed by atoms with E-state index in [1.165, 1.54) is 10.7 Å². The fourth-order valence-electron chi connectivity index (χ4n) is 5.05. The first-order chi connectivity index (χ1) is 16.9. The van der Waals surface area contributed by atoms with Crippen molar-refractivity contribution >= 4 is 17.2 Å². The summed E-state index contributed by atoms with van der Waals surface area (Å²) in [5, 5.41) is 11.7. The number of ether oxygens (including phenoxy) is 2. The minimum atomic E-state index is -0.417. The van der Waals surface area contributed by atoms with Gasteiger partial charge in [0, 0.05) is 61.6 Å². The van der Waals surface area contributed by atoms with E-state index in [4.69, 9.17) is 9.47 Å². The second-order valence-electron chi connectivity index (χ2n) is 9.46. The maximum Gasteiger partial charge on any atom is 0.213 e. The van der Waals surface area contributed by atoms with Crippen molar-refractivity contribution < 1.29 is 13.9 Å². The van der Waals surface area contributed by atoms with Crippen LogP contribution < -0.4 is 10.1 Å². The molecule has 0 saturated carbocycles. The first kappa shape index (κ1) is 22.0. The summed E-state index contributed by atoms with van der Waals surface area (Å²) in [4.78, 5) is 6.94. The van der Waals surface area contributed by atoms with E-state index in [9.17, 15) is 4.39 Å². The molecule has 2 unspecified atom stereocenters. The number of anilines is 2. The molecule has 0 spiro atoms. The van der Waals surface area contributed by atoms with Gasteiger partial charge in [-0.2, -0.15) is 14.6 Å². The van der Waals surface area contributed by atoms with Crippen LogP contribution in [0.5, 0.6) is 5.75 Å². The zero-order chi connectivity index (χ0) is 24.1. The Hall–Kier alpha value is -3.50. The van der Waals surface area contributed by atoms with E-state index in [0.29, 0.717) is 23.7 Å². The molecule has 2 saturated heterocycles. The van der Waals surface area contributed by atoms with Gasteiger partial charge in [-0.3, -0.25) is 9.88 Å². The van der Waals surface area contributed by atoms with Crippen LogP contribution in [0, 0.1) is 12.9 Å². The normalized spacial score (nSPS) is 22.5. The highest BCUT2D eigenvalue weighted by atomic mass is 19.1. The lowest BCUT2D eigenvalue weighted by Crippen LogP contribution is -2.57. The Labute approximate surface area is 202 Å². The highest BCUT2D eigenvalue weighted by molar-refractivity contribution is 5.75. The molecule has 2 fully saturated rings. The molecule has 182 valence electrons. The van der Waals surface area contributed by atoms with Crippen molar-refractivity contribution in [1.82, 2.24) is 29.3 Å². The van der Waals surface area contributed by atoms with Crippen LogP contribution in [0.15, 0.2) is 42.7 Å². The summed E-state index contributed by atoms with van der Waals surface area (Å²) in [6, 6.07) is 10.2. The molecule has 0 aromatic carbocycles. The van der Waals surface area contributed by atoms with E-state index in [0.717, 1.165) is 54.1 Å². The van der Waals surface area contributed by atoms with Crippen molar-refractivity contribution in [2.45, 2.75) is 38.0 Å². The Morgan fingerprint density at radius 3 is 2.57 bits per heavy atom. The van der Waals surface area contributed by atoms with Gasteiger partial charge in [0.1, 0.15) is 11.9 Å². The molecule has 2 bridgehead atoms. The maximum atomic E-state index is 13.6. The largest absolute Gasteiger partial charge is 0.488 e. The topological polar surface area (TPSA) is 81.7 Å². The molecule has 35 heavy (non-hydrogen) atoms. The van der Waals surface area contributed by atoms with Gasteiger partial charge in [-0.15, -0.1) is 0 Å². The summed E-state index contributed by atoms with van der Waals surface area (Å²) >= 11 is 0. The van der Waals surface area contributed by atoms with Gasteiger partial charge < -0.3 is 14.8 Å². The third-order valence-electron chi connectivity index (χ3n) is 6.99. The Bertz CT molecular complexity index is 1350. The molecule has 1 N–H and O–H groups in total. The van der Waals surface area contributed by atoms with Gasteiger partial charge in [0.25, 0.3) is 0 Å². The van der Waals surface area contributed by atoms with E-state index in [-0.39, 0.29) is 6.10 Å². The number of piperidine rings is 1. The molecule has 0 aliphatic carbocycles. The number of hydrogen-bond donors (Lipinski definition) is 1. The zero-order valence-corrected chi connectivity index (χ0v) is 20.0. The lowest BCUT2D eigenvalue weighted by Gasteiger charge is -2.46. The van der Waals surface area contributed by atoms with E-state index in [2.05, 4.69) is 44.6 Å². The summed E-state index contributed by atoms with van der Waals surface area (Å²) in [6.07, 6.45) is 5.74. The highest BCUT2D eigenvalue weighted by Crippen LogP contribution is 2.35. The number of likely N-dealkylation sites (N-methyl/N-ethyl adjacent to an activating group) is 1. The van der Waals surface area contributed by atoms with E-state index in [1.54, 1.807) is 11.6 Å². The molecule has 4 aromatic heterocycles. The summed E-state index contributed by atoms with van der Waals surface area (Å²) in [7, 11) is 3.74. The summed E-state index contributed by atoms with van der Waals surface area (Å²) < 4.78 is 28.9. The summed E-state index contributed by atoms with van der Waals surface area (Å²) in [6.45, 7) is 3.49. The summed E-state index contributed by atoms with van der Waals surface area (Å²) in [5.74, 6) is 1.36. The number of rotatable bonds is 5. The number of aryl methyl sites for hydroxylation is 2. The van der Waals surface area contributed by atoms with Gasteiger partial charge in [0.15, 0.2) is 11.6 Å². The summed E-state index contributed by atoms with van der Waals surface area (Å²) in [5.41, 5.74) is 3.84. The average Bonchev–Trinajstić information content (AvgIpc) is 3.36. The highest BCUT2D eigenvalue weighted by Gasteiger charge is 2.38. The van der Waals surface area contributed by atoms with E-state index < -0.39 is 5.95 Å². The number of nitrogens with one attached hydrogen (secondary N) is 1. The lowest BCUT2D eigenvalue weighted by atomic mass is 9.92. The molecule has 2 aliphatic rings. The third-order valence-corrected chi connectivity index (χ3v) is 6.99. The minimum absolute atomic E-state index is 0.127. The zero-order valence-electron chi connectivity index (χ0n) is 20.0. The number of nitrogens with zero attached hydrogens (tertiary/aromatic N) is 6. The Kier molecular flexibility index (Phi) is 5.42. The minimum Gasteiger partial charge on any atom is -0.488 e. The number of hydrogen-bond acceptors (Lipinski definition) is 7. The van der Waals surface area contributed by atoms with Gasteiger partial charge in [-0.05, 0) is 37.7 Å². The molecular weight excluding hydrogens is 449 g/mol. The predicted molar refractivity (Wildman–Crippen MR) is 129 cm³/mol. The second kappa shape index (κ2) is 8.62.